The topological polar surface area (TPSA) is 75.7 Å². The number of benzene rings is 2. The summed E-state index contributed by atoms with van der Waals surface area (Å²) in [6, 6.07) is 13.9. The van der Waals surface area contributed by atoms with Crippen LogP contribution in [0.25, 0.3) is 0 Å². The molecule has 24 heavy (non-hydrogen) atoms. The zero-order valence-electron chi connectivity index (χ0n) is 13.8. The van der Waals surface area contributed by atoms with Crippen LogP contribution in [0.2, 0.25) is 0 Å². The molecule has 0 bridgehead atoms. The van der Waals surface area contributed by atoms with E-state index in [0.29, 0.717) is 17.1 Å². The van der Waals surface area contributed by atoms with Crippen molar-refractivity contribution in [3.63, 3.8) is 0 Å². The van der Waals surface area contributed by atoms with Crippen LogP contribution in [-0.2, 0) is 14.8 Å². The van der Waals surface area contributed by atoms with Gasteiger partial charge in [-0.3, -0.25) is 9.10 Å². The summed E-state index contributed by atoms with van der Waals surface area (Å²) in [4.78, 5) is 12.3. The van der Waals surface area contributed by atoms with Crippen molar-refractivity contribution in [1.29, 1.82) is 0 Å². The minimum Gasteiger partial charge on any atom is -0.495 e. The summed E-state index contributed by atoms with van der Waals surface area (Å²) in [7, 11) is -2.20. The lowest BCUT2D eigenvalue weighted by molar-refractivity contribution is -0.114. The molecule has 0 aliphatic rings. The number of carbonyl (C=O) groups excluding carboxylic acids is 1. The van der Waals surface area contributed by atoms with Gasteiger partial charge in [-0.1, -0.05) is 29.8 Å². The van der Waals surface area contributed by atoms with Crippen LogP contribution in [0.5, 0.6) is 5.75 Å². The van der Waals surface area contributed by atoms with Gasteiger partial charge < -0.3 is 10.1 Å². The van der Waals surface area contributed by atoms with E-state index in [0.717, 1.165) is 16.1 Å². The average Bonchev–Trinajstić information content (AvgIpc) is 2.54. The standard InChI is InChI=1S/C17H20N2O4S/c1-13-8-10-14(11-9-13)18-17(20)12-19(24(3,21)22)15-6-4-5-7-16(15)23-2/h4-11H,12H2,1-3H3,(H,18,20). The molecule has 0 heterocycles. The van der Waals surface area contributed by atoms with Gasteiger partial charge in [-0.25, -0.2) is 8.42 Å². The van der Waals surface area contributed by atoms with Crippen molar-refractivity contribution >= 4 is 27.3 Å². The number of nitrogens with one attached hydrogen (secondary N) is 1. The van der Waals surface area contributed by atoms with E-state index in [4.69, 9.17) is 4.74 Å². The highest BCUT2D eigenvalue weighted by Gasteiger charge is 2.23. The van der Waals surface area contributed by atoms with Crippen LogP contribution in [-0.4, -0.2) is 34.2 Å². The smallest absolute Gasteiger partial charge is 0.245 e. The second-order valence-corrected chi connectivity index (χ2v) is 7.26. The highest BCUT2D eigenvalue weighted by atomic mass is 32.2. The molecule has 0 fully saturated rings. The number of hydrogen-bond acceptors (Lipinski definition) is 4. The Morgan fingerprint density at radius 2 is 1.75 bits per heavy atom. The lowest BCUT2D eigenvalue weighted by Gasteiger charge is -2.23. The summed E-state index contributed by atoms with van der Waals surface area (Å²) in [6.07, 6.45) is 1.05. The number of aryl methyl sites for hydroxylation is 1. The minimum atomic E-state index is -3.65. The highest BCUT2D eigenvalue weighted by molar-refractivity contribution is 7.92. The Labute approximate surface area is 142 Å². The molecule has 1 N–H and O–H groups in total. The molecule has 2 rings (SSSR count). The Morgan fingerprint density at radius 3 is 2.33 bits per heavy atom. The molecule has 0 unspecified atom stereocenters. The van der Waals surface area contributed by atoms with Gasteiger partial charge in [0.25, 0.3) is 0 Å². The first-order valence-electron chi connectivity index (χ1n) is 7.28. The predicted octanol–water partition coefficient (Wildman–Crippen LogP) is 2.41. The summed E-state index contributed by atoms with van der Waals surface area (Å²) in [5, 5.41) is 2.69. The third-order valence-corrected chi connectivity index (χ3v) is 4.50. The fourth-order valence-corrected chi connectivity index (χ4v) is 3.04. The minimum absolute atomic E-state index is 0.321. The second-order valence-electron chi connectivity index (χ2n) is 5.36. The summed E-state index contributed by atoms with van der Waals surface area (Å²) in [5.41, 5.74) is 2.00. The van der Waals surface area contributed by atoms with E-state index in [1.54, 1.807) is 36.4 Å². The lowest BCUT2D eigenvalue weighted by atomic mass is 10.2. The number of methoxy groups -OCH3 is 1. The van der Waals surface area contributed by atoms with E-state index in [1.807, 2.05) is 19.1 Å². The van der Waals surface area contributed by atoms with E-state index >= 15 is 0 Å². The van der Waals surface area contributed by atoms with E-state index in [9.17, 15) is 13.2 Å². The maximum absolute atomic E-state index is 12.3. The molecule has 1 amide bonds. The number of carbonyl (C=O) groups is 1. The van der Waals surface area contributed by atoms with Crippen molar-refractivity contribution in [3.05, 3.63) is 54.1 Å². The molecule has 0 atom stereocenters. The zero-order valence-corrected chi connectivity index (χ0v) is 14.6. The SMILES string of the molecule is COc1ccccc1N(CC(=O)Nc1ccc(C)cc1)S(C)(=O)=O. The molecule has 7 heteroatoms. The van der Waals surface area contributed by atoms with E-state index in [1.165, 1.54) is 7.11 Å². The first-order chi connectivity index (χ1) is 11.3. The zero-order chi connectivity index (χ0) is 17.7. The molecule has 0 aromatic heterocycles. The normalized spacial score (nSPS) is 11.0. The van der Waals surface area contributed by atoms with Gasteiger partial charge in [-0.2, -0.15) is 0 Å². The van der Waals surface area contributed by atoms with Gasteiger partial charge in [-0.05, 0) is 31.2 Å². The summed E-state index contributed by atoms with van der Waals surface area (Å²) in [6.45, 7) is 1.60. The van der Waals surface area contributed by atoms with Gasteiger partial charge in [0.05, 0.1) is 19.1 Å². The van der Waals surface area contributed by atoms with Gasteiger partial charge in [0, 0.05) is 5.69 Å². The van der Waals surface area contributed by atoms with Crippen LogP contribution in [0.1, 0.15) is 5.56 Å². The molecule has 2 aromatic carbocycles. The molecule has 6 nitrogen and oxygen atoms in total. The predicted molar refractivity (Wildman–Crippen MR) is 95.0 cm³/mol. The van der Waals surface area contributed by atoms with Crippen molar-refractivity contribution in [2.75, 3.05) is 29.5 Å². The maximum Gasteiger partial charge on any atom is 0.245 e. The van der Waals surface area contributed by atoms with E-state index < -0.39 is 15.9 Å². The number of para-hydroxylation sites is 2. The first kappa shape index (κ1) is 17.8. The van der Waals surface area contributed by atoms with Crippen molar-refractivity contribution < 1.29 is 17.9 Å². The van der Waals surface area contributed by atoms with E-state index in [-0.39, 0.29) is 6.54 Å². The van der Waals surface area contributed by atoms with Crippen molar-refractivity contribution in [2.24, 2.45) is 0 Å². The monoisotopic (exact) mass is 348 g/mol. The van der Waals surface area contributed by atoms with Gasteiger partial charge in [0.1, 0.15) is 12.3 Å². The van der Waals surface area contributed by atoms with Crippen LogP contribution in [0, 0.1) is 6.92 Å². The van der Waals surface area contributed by atoms with Crippen LogP contribution < -0.4 is 14.4 Å². The summed E-state index contributed by atoms with van der Waals surface area (Å²) < 4.78 is 30.5. The van der Waals surface area contributed by atoms with E-state index in [2.05, 4.69) is 5.32 Å². The first-order valence-corrected chi connectivity index (χ1v) is 9.13. The Kier molecular flexibility index (Phi) is 5.46. The highest BCUT2D eigenvalue weighted by Crippen LogP contribution is 2.29. The van der Waals surface area contributed by atoms with Crippen LogP contribution in [0.3, 0.4) is 0 Å². The van der Waals surface area contributed by atoms with Gasteiger partial charge in [0.2, 0.25) is 15.9 Å². The molecular weight excluding hydrogens is 328 g/mol. The fourth-order valence-electron chi connectivity index (χ4n) is 2.18. The molecule has 0 saturated heterocycles. The Balaban J connectivity index is 2.23. The molecule has 0 aliphatic carbocycles. The number of anilines is 2. The number of sulfonamides is 1. The molecular formula is C17H20N2O4S. The van der Waals surface area contributed by atoms with Gasteiger partial charge in [-0.15, -0.1) is 0 Å². The third-order valence-electron chi connectivity index (χ3n) is 3.38. The molecule has 0 aliphatic heterocycles. The van der Waals surface area contributed by atoms with Crippen LogP contribution in [0.4, 0.5) is 11.4 Å². The molecule has 2 aromatic rings. The molecule has 0 saturated carbocycles. The lowest BCUT2D eigenvalue weighted by Crippen LogP contribution is -2.37. The number of ether oxygens (including phenoxy) is 1. The summed E-state index contributed by atoms with van der Waals surface area (Å²) >= 11 is 0. The number of hydrogen-bond donors (Lipinski definition) is 1. The van der Waals surface area contributed by atoms with Gasteiger partial charge >= 0.3 is 0 Å². The van der Waals surface area contributed by atoms with Crippen LogP contribution in [0.15, 0.2) is 48.5 Å². The third kappa shape index (κ3) is 4.48. The fraction of sp³-hybridized carbons (Fsp3) is 0.235. The maximum atomic E-state index is 12.3. The van der Waals surface area contributed by atoms with Gasteiger partial charge in [0.15, 0.2) is 0 Å². The second kappa shape index (κ2) is 7.35. The largest absolute Gasteiger partial charge is 0.495 e. The number of amides is 1. The quantitative estimate of drug-likeness (QED) is 0.870. The Hall–Kier alpha value is -2.54. The number of rotatable bonds is 6. The van der Waals surface area contributed by atoms with Crippen LogP contribution >= 0.6 is 0 Å². The molecule has 128 valence electrons. The van der Waals surface area contributed by atoms with Crippen molar-refractivity contribution in [2.45, 2.75) is 6.92 Å². The van der Waals surface area contributed by atoms with Crippen molar-refractivity contribution in [3.8, 4) is 5.75 Å². The number of nitrogens with zero attached hydrogens (tertiary/aromatic N) is 1. The molecule has 0 spiro atoms. The molecule has 0 radical (unpaired) electrons. The average molecular weight is 348 g/mol. The van der Waals surface area contributed by atoms with Crippen molar-refractivity contribution in [1.82, 2.24) is 0 Å². The Morgan fingerprint density at radius 1 is 1.12 bits per heavy atom. The Bertz CT molecular complexity index is 817. The summed E-state index contributed by atoms with van der Waals surface area (Å²) in [5.74, 6) is -0.0544.